The van der Waals surface area contributed by atoms with Gasteiger partial charge in [-0.3, -0.25) is 10.1 Å². The molecule has 0 radical (unpaired) electrons. The lowest BCUT2D eigenvalue weighted by Gasteiger charge is -2.08. The van der Waals surface area contributed by atoms with Crippen molar-refractivity contribution < 1.29 is 14.1 Å². The summed E-state index contributed by atoms with van der Waals surface area (Å²) in [5, 5.41) is 13.7. The van der Waals surface area contributed by atoms with E-state index in [1.807, 2.05) is 19.2 Å². The van der Waals surface area contributed by atoms with E-state index in [-0.39, 0.29) is 12.2 Å². The van der Waals surface area contributed by atoms with Crippen molar-refractivity contribution >= 4 is 5.69 Å². The summed E-state index contributed by atoms with van der Waals surface area (Å²) >= 11 is 0. The molecule has 0 aliphatic carbocycles. The molecule has 2 rings (SSSR count). The van der Waals surface area contributed by atoms with Gasteiger partial charge in [0.25, 0.3) is 0 Å². The maximum Gasteiger partial charge on any atom is 0.305 e. The zero-order chi connectivity index (χ0) is 15.2. The molecule has 0 heterocycles. The van der Waals surface area contributed by atoms with E-state index in [4.69, 9.17) is 4.74 Å². The first kappa shape index (κ1) is 14.9. The summed E-state index contributed by atoms with van der Waals surface area (Å²) in [4.78, 5) is 9.92. The monoisotopic (exact) mass is 290 g/mol. The van der Waals surface area contributed by atoms with Crippen LogP contribution < -0.4 is 10.1 Å². The molecule has 2 aromatic carbocycles. The van der Waals surface area contributed by atoms with E-state index in [1.165, 1.54) is 12.1 Å². The highest BCUT2D eigenvalue weighted by atomic mass is 19.1. The molecular formula is C15H15FN2O3. The Morgan fingerprint density at radius 3 is 2.57 bits per heavy atom. The van der Waals surface area contributed by atoms with E-state index in [2.05, 4.69) is 5.32 Å². The Kier molecular flexibility index (Phi) is 4.84. The molecule has 0 bridgehead atoms. The molecule has 0 aliphatic heterocycles. The highest BCUT2D eigenvalue weighted by Gasteiger charge is 2.17. The van der Waals surface area contributed by atoms with Gasteiger partial charge >= 0.3 is 5.69 Å². The summed E-state index contributed by atoms with van der Waals surface area (Å²) in [5.41, 5.74) is 0.718. The highest BCUT2D eigenvalue weighted by Crippen LogP contribution is 2.22. The molecule has 1 N–H and O–H groups in total. The van der Waals surface area contributed by atoms with E-state index in [9.17, 15) is 14.5 Å². The number of ether oxygens (including phenoxy) is 1. The standard InChI is InChI=1S/C15H15FN2O3/c1-17-9-11-5-7-13(8-6-11)21-10-12-3-2-4-14(15(12)16)18(19)20/h2-8,17H,9-10H2,1H3. The van der Waals surface area contributed by atoms with Crippen molar-refractivity contribution in [3.63, 3.8) is 0 Å². The van der Waals surface area contributed by atoms with E-state index in [1.54, 1.807) is 12.1 Å². The van der Waals surface area contributed by atoms with Crippen LogP contribution in [0.25, 0.3) is 0 Å². The number of hydrogen-bond donors (Lipinski definition) is 1. The molecule has 0 aromatic heterocycles. The van der Waals surface area contributed by atoms with Gasteiger partial charge in [-0.05, 0) is 24.7 Å². The Labute approximate surface area is 121 Å². The van der Waals surface area contributed by atoms with Crippen LogP contribution in [0.5, 0.6) is 5.75 Å². The number of nitrogens with one attached hydrogen (secondary N) is 1. The van der Waals surface area contributed by atoms with Crippen LogP contribution in [-0.4, -0.2) is 12.0 Å². The second-order valence-corrected chi connectivity index (χ2v) is 4.47. The van der Waals surface area contributed by atoms with Crippen LogP contribution in [0.1, 0.15) is 11.1 Å². The molecule has 110 valence electrons. The van der Waals surface area contributed by atoms with Crippen molar-refractivity contribution in [2.24, 2.45) is 0 Å². The average Bonchev–Trinajstić information content (AvgIpc) is 2.48. The van der Waals surface area contributed by atoms with Crippen molar-refractivity contribution in [1.82, 2.24) is 5.32 Å². The van der Waals surface area contributed by atoms with Gasteiger partial charge < -0.3 is 10.1 Å². The topological polar surface area (TPSA) is 64.4 Å². The number of nitrogens with zero attached hydrogens (tertiary/aromatic N) is 1. The lowest BCUT2D eigenvalue weighted by molar-refractivity contribution is -0.387. The summed E-state index contributed by atoms with van der Waals surface area (Å²) in [6.45, 7) is 0.693. The van der Waals surface area contributed by atoms with E-state index >= 15 is 0 Å². The fourth-order valence-corrected chi connectivity index (χ4v) is 1.89. The second-order valence-electron chi connectivity index (χ2n) is 4.47. The van der Waals surface area contributed by atoms with Gasteiger partial charge in [0.2, 0.25) is 5.82 Å². The lowest BCUT2D eigenvalue weighted by Crippen LogP contribution is -2.05. The Hall–Kier alpha value is -2.47. The van der Waals surface area contributed by atoms with Crippen LogP contribution in [0, 0.1) is 15.9 Å². The van der Waals surface area contributed by atoms with Gasteiger partial charge in [-0.25, -0.2) is 0 Å². The molecule has 21 heavy (non-hydrogen) atoms. The van der Waals surface area contributed by atoms with Crippen LogP contribution in [0.2, 0.25) is 0 Å². The lowest BCUT2D eigenvalue weighted by atomic mass is 10.2. The van der Waals surface area contributed by atoms with Crippen molar-refractivity contribution in [2.45, 2.75) is 13.2 Å². The molecule has 0 aliphatic rings. The Bertz CT molecular complexity index is 629. The molecule has 0 saturated heterocycles. The van der Waals surface area contributed by atoms with Gasteiger partial charge in [0.05, 0.1) is 4.92 Å². The van der Waals surface area contributed by atoms with Crippen LogP contribution in [-0.2, 0) is 13.2 Å². The first-order valence-corrected chi connectivity index (χ1v) is 6.40. The molecular weight excluding hydrogens is 275 g/mol. The minimum Gasteiger partial charge on any atom is -0.489 e. The van der Waals surface area contributed by atoms with Crippen molar-refractivity contribution in [2.75, 3.05) is 7.05 Å². The normalized spacial score (nSPS) is 10.4. The molecule has 0 amide bonds. The number of halogens is 1. The minimum absolute atomic E-state index is 0.0567. The largest absolute Gasteiger partial charge is 0.489 e. The molecule has 0 atom stereocenters. The Morgan fingerprint density at radius 1 is 1.24 bits per heavy atom. The van der Waals surface area contributed by atoms with Crippen molar-refractivity contribution in [3.05, 3.63) is 69.5 Å². The van der Waals surface area contributed by atoms with Crippen molar-refractivity contribution in [3.8, 4) is 5.75 Å². The summed E-state index contributed by atoms with van der Waals surface area (Å²) in [6.07, 6.45) is 0. The molecule has 0 spiro atoms. The highest BCUT2D eigenvalue weighted by molar-refractivity contribution is 5.37. The zero-order valence-corrected chi connectivity index (χ0v) is 11.5. The number of hydrogen-bond acceptors (Lipinski definition) is 4. The maximum atomic E-state index is 13.9. The molecule has 0 saturated carbocycles. The fourth-order valence-electron chi connectivity index (χ4n) is 1.89. The minimum atomic E-state index is -0.852. The first-order valence-electron chi connectivity index (χ1n) is 6.40. The number of benzene rings is 2. The van der Waals surface area contributed by atoms with Gasteiger partial charge in [0.15, 0.2) is 0 Å². The van der Waals surface area contributed by atoms with Crippen molar-refractivity contribution in [1.29, 1.82) is 0 Å². The third-order valence-electron chi connectivity index (χ3n) is 2.95. The fraction of sp³-hybridized carbons (Fsp3) is 0.200. The Balaban J connectivity index is 2.06. The quantitative estimate of drug-likeness (QED) is 0.656. The summed E-state index contributed by atoms with van der Waals surface area (Å²) in [6, 6.07) is 11.4. The molecule has 2 aromatic rings. The van der Waals surface area contributed by atoms with Crippen LogP contribution in [0.15, 0.2) is 42.5 Å². The van der Waals surface area contributed by atoms with Gasteiger partial charge in [-0.15, -0.1) is 0 Å². The summed E-state index contributed by atoms with van der Waals surface area (Å²) in [5.74, 6) is -0.268. The van der Waals surface area contributed by atoms with Gasteiger partial charge in [-0.1, -0.05) is 24.3 Å². The SMILES string of the molecule is CNCc1ccc(OCc2cccc([N+](=O)[O-])c2F)cc1. The molecule has 0 fully saturated rings. The summed E-state index contributed by atoms with van der Waals surface area (Å²) < 4.78 is 19.3. The smallest absolute Gasteiger partial charge is 0.305 e. The third-order valence-corrected chi connectivity index (χ3v) is 2.95. The predicted molar refractivity (Wildman–Crippen MR) is 76.6 cm³/mol. The maximum absolute atomic E-state index is 13.9. The molecule has 6 heteroatoms. The van der Waals surface area contributed by atoms with Gasteiger partial charge in [0, 0.05) is 18.2 Å². The van der Waals surface area contributed by atoms with Gasteiger partial charge in [0.1, 0.15) is 12.4 Å². The van der Waals surface area contributed by atoms with Crippen LogP contribution >= 0.6 is 0 Å². The van der Waals surface area contributed by atoms with E-state index < -0.39 is 16.4 Å². The average molecular weight is 290 g/mol. The van der Waals surface area contributed by atoms with E-state index in [0.29, 0.717) is 5.75 Å². The molecule has 5 nitrogen and oxygen atoms in total. The summed E-state index contributed by atoms with van der Waals surface area (Å²) in [7, 11) is 1.86. The number of nitro groups is 1. The van der Waals surface area contributed by atoms with E-state index in [0.717, 1.165) is 18.2 Å². The number of nitro benzene ring substituents is 1. The zero-order valence-electron chi connectivity index (χ0n) is 11.5. The third kappa shape index (κ3) is 3.76. The first-order chi connectivity index (χ1) is 10.1. The van der Waals surface area contributed by atoms with Crippen LogP contribution in [0.4, 0.5) is 10.1 Å². The second kappa shape index (κ2) is 6.81. The van der Waals surface area contributed by atoms with Gasteiger partial charge in [-0.2, -0.15) is 4.39 Å². The Morgan fingerprint density at radius 2 is 1.95 bits per heavy atom. The number of rotatable bonds is 6. The van der Waals surface area contributed by atoms with Crippen LogP contribution in [0.3, 0.4) is 0 Å². The molecule has 0 unspecified atom stereocenters. The predicted octanol–water partition coefficient (Wildman–Crippen LogP) is 3.03.